The van der Waals surface area contributed by atoms with Crippen molar-refractivity contribution >= 4 is 0 Å². The van der Waals surface area contributed by atoms with Gasteiger partial charge in [0.05, 0.1) is 12.1 Å². The lowest BCUT2D eigenvalue weighted by atomic mass is 9.90. The monoisotopic (exact) mass is 232 g/mol. The lowest BCUT2D eigenvalue weighted by Gasteiger charge is -2.32. The average Bonchev–Trinajstić information content (AvgIpc) is 2.89. The van der Waals surface area contributed by atoms with Gasteiger partial charge in [0.15, 0.2) is 0 Å². The summed E-state index contributed by atoms with van der Waals surface area (Å²) >= 11 is 0. The van der Waals surface area contributed by atoms with Gasteiger partial charge in [-0.05, 0) is 31.9 Å². The van der Waals surface area contributed by atoms with Gasteiger partial charge in [0, 0.05) is 24.9 Å². The van der Waals surface area contributed by atoms with E-state index in [9.17, 15) is 0 Å². The van der Waals surface area contributed by atoms with E-state index in [4.69, 9.17) is 5.26 Å². The van der Waals surface area contributed by atoms with E-state index in [0.29, 0.717) is 18.5 Å². The third-order valence-electron chi connectivity index (χ3n) is 3.47. The Morgan fingerprint density at radius 2 is 2.29 bits per heavy atom. The highest BCUT2D eigenvalue weighted by atomic mass is 15.3. The Balaban J connectivity index is 1.87. The van der Waals surface area contributed by atoms with Crippen LogP contribution in [0.4, 0.5) is 0 Å². The highest BCUT2D eigenvalue weighted by Gasteiger charge is 2.25. The predicted molar refractivity (Wildman–Crippen MR) is 66.4 cm³/mol. The predicted octanol–water partition coefficient (Wildman–Crippen LogP) is 2.26. The zero-order valence-corrected chi connectivity index (χ0v) is 10.2. The molecule has 17 heavy (non-hydrogen) atoms. The van der Waals surface area contributed by atoms with Crippen LogP contribution < -0.4 is 5.32 Å². The first-order valence-corrected chi connectivity index (χ1v) is 6.51. The summed E-state index contributed by atoms with van der Waals surface area (Å²) in [4.78, 5) is 0. The molecule has 1 aliphatic rings. The molecular formula is C13H20N4. The van der Waals surface area contributed by atoms with Gasteiger partial charge in [0.2, 0.25) is 0 Å². The second-order valence-corrected chi connectivity index (χ2v) is 4.66. The quantitative estimate of drug-likeness (QED) is 0.792. The second-order valence-electron chi connectivity index (χ2n) is 4.66. The van der Waals surface area contributed by atoms with Crippen LogP contribution in [0.25, 0.3) is 0 Å². The average molecular weight is 232 g/mol. The van der Waals surface area contributed by atoms with Crippen LogP contribution in [0.2, 0.25) is 0 Å². The third-order valence-corrected chi connectivity index (χ3v) is 3.47. The molecule has 1 saturated carbocycles. The molecular weight excluding hydrogens is 212 g/mol. The molecule has 0 radical (unpaired) electrons. The fourth-order valence-corrected chi connectivity index (χ4v) is 2.60. The molecule has 1 fully saturated rings. The topological polar surface area (TPSA) is 53.6 Å². The van der Waals surface area contributed by atoms with E-state index < -0.39 is 0 Å². The van der Waals surface area contributed by atoms with Crippen molar-refractivity contribution in [2.24, 2.45) is 0 Å². The van der Waals surface area contributed by atoms with Crippen LogP contribution in [-0.4, -0.2) is 22.4 Å². The van der Waals surface area contributed by atoms with Crippen LogP contribution in [0.15, 0.2) is 18.5 Å². The fourth-order valence-electron chi connectivity index (χ4n) is 2.60. The first kappa shape index (κ1) is 12.1. The van der Waals surface area contributed by atoms with Crippen LogP contribution in [0.5, 0.6) is 0 Å². The van der Waals surface area contributed by atoms with Gasteiger partial charge in [-0.1, -0.05) is 12.8 Å². The molecule has 92 valence electrons. The lowest BCUT2D eigenvalue weighted by molar-refractivity contribution is 0.247. The zero-order valence-electron chi connectivity index (χ0n) is 10.2. The van der Waals surface area contributed by atoms with Crippen molar-refractivity contribution in [2.75, 3.05) is 6.54 Å². The summed E-state index contributed by atoms with van der Waals surface area (Å²) in [5, 5.41) is 16.5. The van der Waals surface area contributed by atoms with Crippen LogP contribution >= 0.6 is 0 Å². The summed E-state index contributed by atoms with van der Waals surface area (Å²) in [6, 6.07) is 5.18. The molecule has 0 bridgehead atoms. The Bertz CT molecular complexity index is 352. The second kappa shape index (κ2) is 6.41. The summed E-state index contributed by atoms with van der Waals surface area (Å²) < 4.78 is 2.08. The Morgan fingerprint density at radius 1 is 1.41 bits per heavy atom. The van der Waals surface area contributed by atoms with Gasteiger partial charge in [0.25, 0.3) is 0 Å². The first-order valence-electron chi connectivity index (χ1n) is 6.51. The Kier molecular flexibility index (Phi) is 4.57. The lowest BCUT2D eigenvalue weighted by Crippen LogP contribution is -2.40. The molecule has 0 aliphatic heterocycles. The van der Waals surface area contributed by atoms with Gasteiger partial charge >= 0.3 is 0 Å². The number of rotatable bonds is 5. The van der Waals surface area contributed by atoms with Crippen LogP contribution in [-0.2, 0) is 0 Å². The summed E-state index contributed by atoms with van der Waals surface area (Å²) in [6.45, 7) is 0.940. The van der Waals surface area contributed by atoms with Gasteiger partial charge in [0.1, 0.15) is 0 Å². The number of nitrogens with zero attached hydrogens (tertiary/aromatic N) is 3. The maximum Gasteiger partial charge on any atom is 0.0672 e. The number of unbranched alkanes of at least 4 members (excludes halogenated alkanes) is 1. The molecule has 2 rings (SSSR count). The number of hydrogen-bond acceptors (Lipinski definition) is 3. The van der Waals surface area contributed by atoms with Crippen LogP contribution in [0.3, 0.4) is 0 Å². The van der Waals surface area contributed by atoms with E-state index in [0.717, 1.165) is 13.0 Å². The highest BCUT2D eigenvalue weighted by Crippen LogP contribution is 2.27. The van der Waals surface area contributed by atoms with Crippen LogP contribution in [0, 0.1) is 11.3 Å². The molecule has 0 spiro atoms. The summed E-state index contributed by atoms with van der Waals surface area (Å²) in [6.07, 6.45) is 10.5. The van der Waals surface area contributed by atoms with Crippen molar-refractivity contribution < 1.29 is 0 Å². The van der Waals surface area contributed by atoms with Gasteiger partial charge in [-0.3, -0.25) is 4.68 Å². The van der Waals surface area contributed by atoms with E-state index in [1.807, 2.05) is 12.3 Å². The van der Waals surface area contributed by atoms with E-state index in [-0.39, 0.29) is 0 Å². The Morgan fingerprint density at radius 3 is 3.06 bits per heavy atom. The minimum absolute atomic E-state index is 0.487. The van der Waals surface area contributed by atoms with Crippen molar-refractivity contribution in [3.63, 3.8) is 0 Å². The molecule has 2 atom stereocenters. The van der Waals surface area contributed by atoms with Gasteiger partial charge in [-0.15, -0.1) is 0 Å². The van der Waals surface area contributed by atoms with Crippen molar-refractivity contribution in [1.82, 2.24) is 15.1 Å². The number of nitrogens with one attached hydrogen (secondary N) is 1. The molecule has 1 aliphatic carbocycles. The largest absolute Gasteiger partial charge is 0.312 e. The summed E-state index contributed by atoms with van der Waals surface area (Å²) in [7, 11) is 0. The SMILES string of the molecule is N#CCCCN[C@@H]1CCCC[C@@H]1n1cccn1. The number of aromatic nitrogens is 2. The molecule has 0 unspecified atom stereocenters. The van der Waals surface area contributed by atoms with Gasteiger partial charge in [-0.25, -0.2) is 0 Å². The van der Waals surface area contributed by atoms with E-state index in [1.165, 1.54) is 25.7 Å². The highest BCUT2D eigenvalue weighted by molar-refractivity contribution is 4.89. The maximum atomic E-state index is 8.51. The number of nitriles is 1. The Labute approximate surface area is 103 Å². The van der Waals surface area contributed by atoms with Gasteiger partial charge in [-0.2, -0.15) is 10.4 Å². The minimum atomic E-state index is 0.487. The molecule has 1 heterocycles. The fraction of sp³-hybridized carbons (Fsp3) is 0.692. The molecule has 1 aromatic heterocycles. The molecule has 0 amide bonds. The van der Waals surface area contributed by atoms with Crippen molar-refractivity contribution in [1.29, 1.82) is 5.26 Å². The van der Waals surface area contributed by atoms with Crippen molar-refractivity contribution in [3.8, 4) is 6.07 Å². The third kappa shape index (κ3) is 3.31. The summed E-state index contributed by atoms with van der Waals surface area (Å²) in [5.74, 6) is 0. The van der Waals surface area contributed by atoms with Crippen molar-refractivity contribution in [3.05, 3.63) is 18.5 Å². The Hall–Kier alpha value is -1.34. The standard InChI is InChI=1S/C13H20N4/c14-8-3-4-9-15-12-6-1-2-7-13(12)17-11-5-10-16-17/h5,10-13,15H,1-4,6-7,9H2/t12-,13+/m1/s1. The number of hydrogen-bond donors (Lipinski definition) is 1. The maximum absolute atomic E-state index is 8.51. The van der Waals surface area contributed by atoms with Crippen LogP contribution in [0.1, 0.15) is 44.6 Å². The molecule has 1 aromatic rings. The smallest absolute Gasteiger partial charge is 0.0672 e. The minimum Gasteiger partial charge on any atom is -0.312 e. The van der Waals surface area contributed by atoms with Crippen molar-refractivity contribution in [2.45, 2.75) is 50.6 Å². The molecule has 0 saturated heterocycles. The van der Waals surface area contributed by atoms with E-state index in [1.54, 1.807) is 0 Å². The van der Waals surface area contributed by atoms with Gasteiger partial charge < -0.3 is 5.32 Å². The molecule has 1 N–H and O–H groups in total. The van der Waals surface area contributed by atoms with E-state index in [2.05, 4.69) is 27.4 Å². The summed E-state index contributed by atoms with van der Waals surface area (Å²) in [5.41, 5.74) is 0. The molecule has 4 nitrogen and oxygen atoms in total. The molecule has 4 heteroatoms. The van der Waals surface area contributed by atoms with E-state index >= 15 is 0 Å². The zero-order chi connectivity index (χ0) is 11.9. The molecule has 0 aromatic carbocycles. The first-order chi connectivity index (χ1) is 8.42. The normalized spacial score (nSPS) is 24.4.